The van der Waals surface area contributed by atoms with Gasteiger partial charge in [-0.15, -0.1) is 0 Å². The number of aromatic nitrogens is 3. The van der Waals surface area contributed by atoms with Crippen molar-refractivity contribution in [1.82, 2.24) is 14.5 Å². The maximum Gasteiger partial charge on any atom is 0.160 e. The molecular weight excluding hydrogens is 611 g/mol. The fourth-order valence-corrected chi connectivity index (χ4v) is 7.08. The Morgan fingerprint density at radius 3 is 2.18 bits per heavy atom. The van der Waals surface area contributed by atoms with E-state index in [1.165, 1.54) is 21.9 Å². The van der Waals surface area contributed by atoms with E-state index in [1.54, 1.807) is 0 Å². The monoisotopic (exact) mass is 643 g/mol. The Labute approximate surface area is 290 Å². The predicted octanol–water partition coefficient (Wildman–Crippen LogP) is 12.4. The molecule has 0 atom stereocenters. The van der Waals surface area contributed by atoms with E-state index in [1.807, 2.05) is 50.3 Å². The first-order valence-corrected chi connectivity index (χ1v) is 17.0. The molecule has 9 rings (SSSR count). The Morgan fingerprint density at radius 1 is 0.560 bits per heavy atom. The molecule has 0 aliphatic rings. The second-order valence-corrected chi connectivity index (χ2v) is 12.6. The maximum atomic E-state index is 6.83. The van der Waals surface area contributed by atoms with Crippen LogP contribution in [0, 0.1) is 6.92 Å². The summed E-state index contributed by atoms with van der Waals surface area (Å²) < 4.78 is 9.19. The molecule has 6 aromatic carbocycles. The van der Waals surface area contributed by atoms with E-state index in [2.05, 4.69) is 132 Å². The molecule has 0 N–H and O–H groups in total. The van der Waals surface area contributed by atoms with Gasteiger partial charge in [-0.3, -0.25) is 0 Å². The quantitative estimate of drug-likeness (QED) is 0.169. The van der Waals surface area contributed by atoms with E-state index in [-0.39, 0.29) is 0 Å². The molecule has 50 heavy (non-hydrogen) atoms. The van der Waals surface area contributed by atoms with Gasteiger partial charge in [0, 0.05) is 38.2 Å². The number of aryl methyl sites for hydroxylation is 1. The second kappa shape index (κ2) is 12.2. The minimum Gasteiger partial charge on any atom is -0.454 e. The molecule has 9 aromatic rings. The molecule has 3 aromatic heterocycles. The van der Waals surface area contributed by atoms with Gasteiger partial charge in [0.05, 0.1) is 22.2 Å². The molecule has 4 nitrogen and oxygen atoms in total. The Hall–Kier alpha value is -6.52. The minimum absolute atomic E-state index is 0.695. The van der Waals surface area contributed by atoms with Gasteiger partial charge in [-0.1, -0.05) is 127 Å². The maximum absolute atomic E-state index is 6.83. The molecule has 0 bridgehead atoms. The number of allylic oxidation sites excluding steroid dienone is 5. The van der Waals surface area contributed by atoms with Crippen LogP contribution < -0.4 is 0 Å². The van der Waals surface area contributed by atoms with E-state index in [4.69, 9.17) is 14.4 Å². The van der Waals surface area contributed by atoms with Gasteiger partial charge < -0.3 is 8.98 Å². The minimum atomic E-state index is 0.695. The van der Waals surface area contributed by atoms with Crippen LogP contribution in [-0.2, 0) is 0 Å². The van der Waals surface area contributed by atoms with Gasteiger partial charge >= 0.3 is 0 Å². The zero-order valence-electron chi connectivity index (χ0n) is 27.8. The average Bonchev–Trinajstić information content (AvgIpc) is 3.69. The number of rotatable bonds is 6. The molecule has 3 heterocycles. The lowest BCUT2D eigenvalue weighted by molar-refractivity contribution is 0.666. The topological polar surface area (TPSA) is 43.9 Å². The normalized spacial score (nSPS) is 12.4. The third kappa shape index (κ3) is 5.01. The molecular formula is C46H33N3O. The molecule has 0 amide bonds. The zero-order valence-corrected chi connectivity index (χ0v) is 27.8. The van der Waals surface area contributed by atoms with Gasteiger partial charge in [-0.05, 0) is 66.9 Å². The summed E-state index contributed by atoms with van der Waals surface area (Å²) in [4.78, 5) is 9.77. The van der Waals surface area contributed by atoms with Crippen molar-refractivity contribution in [3.63, 3.8) is 0 Å². The molecule has 0 aliphatic heterocycles. The number of benzene rings is 6. The van der Waals surface area contributed by atoms with Gasteiger partial charge in [0.15, 0.2) is 11.4 Å². The molecule has 4 heteroatoms. The predicted molar refractivity (Wildman–Crippen MR) is 210 cm³/mol. The van der Waals surface area contributed by atoms with Crippen molar-refractivity contribution in [3.8, 4) is 28.2 Å². The van der Waals surface area contributed by atoms with Gasteiger partial charge in [0.25, 0.3) is 0 Å². The molecule has 0 aliphatic carbocycles. The van der Waals surface area contributed by atoms with Gasteiger partial charge in [-0.25, -0.2) is 9.97 Å². The largest absolute Gasteiger partial charge is 0.454 e. The highest BCUT2D eigenvalue weighted by Gasteiger charge is 2.19. The van der Waals surface area contributed by atoms with Gasteiger partial charge in [0.1, 0.15) is 5.58 Å². The summed E-state index contributed by atoms with van der Waals surface area (Å²) in [6.45, 7) is 4.06. The first-order chi connectivity index (χ1) is 24.7. The second-order valence-electron chi connectivity index (χ2n) is 12.6. The van der Waals surface area contributed by atoms with Crippen LogP contribution in [0.5, 0.6) is 0 Å². The van der Waals surface area contributed by atoms with Crippen LogP contribution in [0.2, 0.25) is 0 Å². The first-order valence-electron chi connectivity index (χ1n) is 17.0. The summed E-state index contributed by atoms with van der Waals surface area (Å²) in [5.41, 5.74) is 11.2. The Balaban J connectivity index is 1.26. The Morgan fingerprint density at radius 2 is 1.30 bits per heavy atom. The van der Waals surface area contributed by atoms with Crippen molar-refractivity contribution in [3.05, 3.63) is 169 Å². The van der Waals surface area contributed by atoms with Crippen LogP contribution in [0.3, 0.4) is 0 Å². The fourth-order valence-electron chi connectivity index (χ4n) is 7.08. The van der Waals surface area contributed by atoms with Crippen molar-refractivity contribution in [2.24, 2.45) is 0 Å². The SMILES string of the molecule is C\C=C/C=C\C=C\c1ccc2c3ccc(-c4ccccc4)cc3n(-c3cccc4c3oc3cc(-c5nc(C)c6ccccc6n5)ccc34)c2c1. The van der Waals surface area contributed by atoms with Crippen molar-refractivity contribution < 1.29 is 4.42 Å². The van der Waals surface area contributed by atoms with Gasteiger partial charge in [-0.2, -0.15) is 0 Å². The van der Waals surface area contributed by atoms with E-state index in [9.17, 15) is 0 Å². The lowest BCUT2D eigenvalue weighted by Crippen LogP contribution is -1.95. The lowest BCUT2D eigenvalue weighted by atomic mass is 10.0. The first kappa shape index (κ1) is 29.6. The molecule has 0 fully saturated rings. The number of para-hydroxylation sites is 2. The van der Waals surface area contributed by atoms with Crippen LogP contribution in [0.15, 0.2) is 162 Å². The van der Waals surface area contributed by atoms with Crippen LogP contribution in [0.25, 0.3) is 88.9 Å². The molecule has 0 radical (unpaired) electrons. The number of furan rings is 1. The average molecular weight is 644 g/mol. The van der Waals surface area contributed by atoms with Crippen LogP contribution in [0.1, 0.15) is 18.2 Å². The summed E-state index contributed by atoms with van der Waals surface area (Å²) in [6, 6.07) is 44.9. The summed E-state index contributed by atoms with van der Waals surface area (Å²) in [5, 5.41) is 5.59. The van der Waals surface area contributed by atoms with E-state index < -0.39 is 0 Å². The van der Waals surface area contributed by atoms with Gasteiger partial charge in [0.2, 0.25) is 0 Å². The van der Waals surface area contributed by atoms with Crippen molar-refractivity contribution in [2.75, 3.05) is 0 Å². The Bertz CT molecular complexity index is 2830. The number of hydrogen-bond acceptors (Lipinski definition) is 3. The van der Waals surface area contributed by atoms with E-state index in [0.29, 0.717) is 5.82 Å². The summed E-state index contributed by atoms with van der Waals surface area (Å²) >= 11 is 0. The third-order valence-electron chi connectivity index (χ3n) is 9.48. The molecule has 0 saturated heterocycles. The van der Waals surface area contributed by atoms with E-state index >= 15 is 0 Å². The highest BCUT2D eigenvalue weighted by Crippen LogP contribution is 2.40. The van der Waals surface area contributed by atoms with Crippen molar-refractivity contribution >= 4 is 60.7 Å². The fraction of sp³-hybridized carbons (Fsp3) is 0.0435. The van der Waals surface area contributed by atoms with Crippen LogP contribution in [-0.4, -0.2) is 14.5 Å². The van der Waals surface area contributed by atoms with Crippen LogP contribution >= 0.6 is 0 Å². The smallest absolute Gasteiger partial charge is 0.160 e. The third-order valence-corrected chi connectivity index (χ3v) is 9.48. The van der Waals surface area contributed by atoms with Crippen molar-refractivity contribution in [2.45, 2.75) is 13.8 Å². The highest BCUT2D eigenvalue weighted by molar-refractivity contribution is 6.13. The number of fused-ring (bicyclic) bond motifs is 7. The van der Waals surface area contributed by atoms with Crippen LogP contribution in [0.4, 0.5) is 0 Å². The summed E-state index contributed by atoms with van der Waals surface area (Å²) in [7, 11) is 0. The van der Waals surface area contributed by atoms with Crippen molar-refractivity contribution in [1.29, 1.82) is 0 Å². The standard InChI is InChI=1S/C46H33N3O/c1-3-4-5-6-8-14-31-21-24-36-37-25-22-33(32-15-9-7-10-16-32)28-43(37)49(42(36)27-31)41-20-13-18-39-38-26-23-34(29-44(38)50-45(39)41)46-47-30(2)35-17-11-12-19-40(35)48-46/h3-29H,1-2H3/b4-3-,6-5-,14-8+. The molecule has 238 valence electrons. The van der Waals surface area contributed by atoms with E-state index in [0.717, 1.165) is 66.4 Å². The molecule has 0 spiro atoms. The summed E-state index contributed by atoms with van der Waals surface area (Å²) in [5.74, 6) is 0.695. The Kier molecular flexibility index (Phi) is 7.21. The zero-order chi connectivity index (χ0) is 33.6. The molecule has 0 saturated carbocycles. The molecule has 0 unspecified atom stereocenters. The lowest BCUT2D eigenvalue weighted by Gasteiger charge is -2.10. The number of hydrogen-bond donors (Lipinski definition) is 0. The highest BCUT2D eigenvalue weighted by atomic mass is 16.3. The summed E-state index contributed by atoms with van der Waals surface area (Å²) in [6.07, 6.45) is 12.4. The number of nitrogens with zero attached hydrogens (tertiary/aromatic N) is 3.